The highest BCUT2D eigenvalue weighted by Gasteiger charge is 2.48. The lowest BCUT2D eigenvalue weighted by Gasteiger charge is -2.34. The van der Waals surface area contributed by atoms with Crippen molar-refractivity contribution < 1.29 is 111 Å². The number of likely N-dealkylation sites (tertiary alicyclic amines) is 5. The zero-order valence-electron chi connectivity index (χ0n) is 80.3. The molecule has 19 amide bonds. The standard InChI is InChI=1S/C88H150N26O23/c1-46(2)67(94)85(134)114-45-21-30-63(114)84(133)112-43-19-27-60(112)78(127)102-52(22-10-13-37-89)75(124)106-57(33-36-66(117)118)83(132)111-42-18-29-62(111)80(129)109-69(48(5)6)86(135)113-44-20-28-61(113)79(128)104-55(31-34-64(92)115)73(122)99-51(9)71(120)105-56(24-12-15-39-91)82(131)110-41-17-26-59(110)77(126)103-54(25-16-40-97-88(95)96)74(123)101-53(23-11-14-38-90)76(125)108-68(47(3)4)81(130)100-49(7)70(119)98-50(8)72(121)107-58(87(136)137)32-35-65(93)116/h46-63,67-69H,10-45,89-91,94H2,1-9H3,(H2,92,115)(H2,93,116)(H,98,119)(H,99,122)(H,100,130)(H,101,123)(H,102,127)(H,103,126)(H,104,128)(H,105,120)(H,106,124)(H,107,121)(H,108,125)(H,109,129)(H,117,118)(H,136,137)(H4,95,96,97)/t49-,50-,51-,52-,53-,54-,55-,56-,57-,58-,59-,60-,61-,62-,63-,67-,68-,69-/m0/s1. The molecular weight excluding hydrogens is 1790 g/mol. The molecule has 5 fully saturated rings. The van der Waals surface area contributed by atoms with Crippen molar-refractivity contribution in [2.45, 2.75) is 344 Å². The van der Waals surface area contributed by atoms with Crippen LogP contribution in [0.15, 0.2) is 0 Å². The molecule has 0 bridgehead atoms. The second-order valence-corrected chi connectivity index (χ2v) is 36.9. The minimum atomic E-state index is -1.59. The van der Waals surface area contributed by atoms with Gasteiger partial charge in [0.2, 0.25) is 112 Å². The van der Waals surface area contributed by atoms with Crippen molar-refractivity contribution in [2.75, 3.05) is 58.9 Å². The minimum Gasteiger partial charge on any atom is -0.481 e. The Bertz CT molecular complexity index is 4240. The third kappa shape index (κ3) is 35.8. The molecule has 0 saturated carbocycles. The van der Waals surface area contributed by atoms with Crippen LogP contribution in [0.2, 0.25) is 0 Å². The molecule has 0 unspecified atom stereocenters. The number of aliphatic carboxylic acids is 2. The number of carboxylic acids is 2. The zero-order valence-corrected chi connectivity index (χ0v) is 80.3. The number of nitrogens with one attached hydrogen (secondary N) is 14. The Balaban J connectivity index is 1.27. The second kappa shape index (κ2) is 57.2. The summed E-state index contributed by atoms with van der Waals surface area (Å²) in [6.45, 7) is 14.9. The van der Waals surface area contributed by atoms with Crippen LogP contribution in [0.5, 0.6) is 0 Å². The van der Waals surface area contributed by atoms with Gasteiger partial charge in [-0.15, -0.1) is 0 Å². The number of hydrogen-bond acceptors (Lipinski definition) is 26. The number of hydrogen-bond donors (Lipinski definition) is 23. The number of carbonyl (C=O) groups is 21. The van der Waals surface area contributed by atoms with E-state index in [1.807, 2.05) is 0 Å². The third-order valence-electron chi connectivity index (χ3n) is 25.1. The molecule has 30 N–H and O–H groups in total. The van der Waals surface area contributed by atoms with Crippen LogP contribution in [0.3, 0.4) is 0 Å². The first-order valence-corrected chi connectivity index (χ1v) is 47.8. The van der Waals surface area contributed by atoms with E-state index in [0.29, 0.717) is 51.5 Å². The predicted octanol–water partition coefficient (Wildman–Crippen LogP) is -6.76. The molecule has 770 valence electrons. The summed E-state index contributed by atoms with van der Waals surface area (Å²) in [4.78, 5) is 297. The van der Waals surface area contributed by atoms with Crippen molar-refractivity contribution in [3.05, 3.63) is 0 Å². The monoisotopic (exact) mass is 1940 g/mol. The van der Waals surface area contributed by atoms with Crippen LogP contribution in [-0.2, 0) is 101 Å². The number of carbonyl (C=O) groups excluding carboxylic acids is 19. The van der Waals surface area contributed by atoms with Gasteiger partial charge in [-0.05, 0) is 212 Å². The highest BCUT2D eigenvalue weighted by atomic mass is 16.4. The molecule has 0 radical (unpaired) electrons. The van der Waals surface area contributed by atoms with Crippen LogP contribution in [0.1, 0.15) is 236 Å². The highest BCUT2D eigenvalue weighted by Crippen LogP contribution is 2.29. The van der Waals surface area contributed by atoms with Crippen molar-refractivity contribution in [1.82, 2.24) is 93.6 Å². The van der Waals surface area contributed by atoms with Gasteiger partial charge in [-0.25, -0.2) is 4.79 Å². The van der Waals surface area contributed by atoms with E-state index in [4.69, 9.17) is 45.5 Å². The first-order chi connectivity index (χ1) is 64.7. The van der Waals surface area contributed by atoms with Gasteiger partial charge in [0.15, 0.2) is 5.96 Å². The Kier molecular flexibility index (Phi) is 48.3. The summed E-state index contributed by atoms with van der Waals surface area (Å²) in [5.74, 6) is -19.8. The maximum atomic E-state index is 14.9. The average Bonchev–Trinajstić information content (AvgIpc) is 1.71. The average molecular weight is 1940 g/mol. The Labute approximate surface area is 797 Å². The molecule has 0 spiro atoms. The topological polar surface area (TPSA) is 778 Å². The summed E-state index contributed by atoms with van der Waals surface area (Å²) in [5.41, 5.74) is 40.0. The number of guanidine groups is 1. The molecule has 137 heavy (non-hydrogen) atoms. The van der Waals surface area contributed by atoms with E-state index in [0.717, 1.165) is 0 Å². The van der Waals surface area contributed by atoms with Gasteiger partial charge in [0.05, 0.1) is 6.04 Å². The van der Waals surface area contributed by atoms with Crippen molar-refractivity contribution in [2.24, 2.45) is 57.9 Å². The lowest BCUT2D eigenvalue weighted by molar-refractivity contribution is -0.147. The summed E-state index contributed by atoms with van der Waals surface area (Å²) < 4.78 is 0. The Morgan fingerprint density at radius 2 is 0.635 bits per heavy atom. The molecule has 0 aromatic rings. The molecule has 5 aliphatic rings. The van der Waals surface area contributed by atoms with Crippen LogP contribution in [0, 0.1) is 23.2 Å². The van der Waals surface area contributed by atoms with Crippen molar-refractivity contribution in [1.29, 1.82) is 5.41 Å². The molecule has 49 nitrogen and oxygen atoms in total. The molecule has 49 heteroatoms. The van der Waals surface area contributed by atoms with Gasteiger partial charge < -0.3 is 144 Å². The molecule has 5 rings (SSSR count). The van der Waals surface area contributed by atoms with Crippen molar-refractivity contribution >= 4 is 130 Å². The fourth-order valence-corrected chi connectivity index (χ4v) is 17.1. The molecule has 0 aliphatic carbocycles. The van der Waals surface area contributed by atoms with Gasteiger partial charge >= 0.3 is 11.9 Å². The zero-order chi connectivity index (χ0) is 102. The summed E-state index contributed by atoms with van der Waals surface area (Å²) in [7, 11) is 0. The maximum Gasteiger partial charge on any atom is 0.326 e. The summed E-state index contributed by atoms with van der Waals surface area (Å²) in [6.07, 6.45) is 1.84. The summed E-state index contributed by atoms with van der Waals surface area (Å²) in [6, 6.07) is -23.6. The normalized spacial score (nSPS) is 19.8. The van der Waals surface area contributed by atoms with E-state index in [1.165, 1.54) is 45.3 Å². The van der Waals surface area contributed by atoms with Crippen LogP contribution >= 0.6 is 0 Å². The minimum absolute atomic E-state index is 0.0145. The summed E-state index contributed by atoms with van der Waals surface area (Å²) >= 11 is 0. The van der Waals surface area contributed by atoms with Crippen LogP contribution in [-0.4, -0.2) is 333 Å². The fraction of sp³-hybridized carbons (Fsp3) is 0.750. The quantitative estimate of drug-likeness (QED) is 0.0153. The first-order valence-electron chi connectivity index (χ1n) is 47.8. The number of nitrogens with two attached hydrogens (primary N) is 7. The van der Waals surface area contributed by atoms with Gasteiger partial charge in [-0.1, -0.05) is 41.5 Å². The molecule has 0 aromatic carbocycles. The van der Waals surface area contributed by atoms with Gasteiger partial charge in [0.25, 0.3) is 0 Å². The fourth-order valence-electron chi connectivity index (χ4n) is 17.1. The van der Waals surface area contributed by atoms with Crippen LogP contribution in [0.25, 0.3) is 0 Å². The number of unbranched alkanes of at least 4 members (excludes halogenated alkanes) is 3. The van der Waals surface area contributed by atoms with Crippen LogP contribution in [0.4, 0.5) is 0 Å². The molecule has 0 aromatic heterocycles. The maximum absolute atomic E-state index is 14.9. The number of rotatable bonds is 58. The molecule has 18 atom stereocenters. The number of amides is 19. The molecule has 5 aliphatic heterocycles. The largest absolute Gasteiger partial charge is 0.481 e. The third-order valence-corrected chi connectivity index (χ3v) is 25.1. The molecule has 5 saturated heterocycles. The van der Waals surface area contributed by atoms with Gasteiger partial charge in [0, 0.05) is 58.5 Å². The van der Waals surface area contributed by atoms with E-state index in [9.17, 15) is 111 Å². The Morgan fingerprint density at radius 3 is 1.05 bits per heavy atom. The number of primary amides is 2. The van der Waals surface area contributed by atoms with E-state index in [-0.39, 0.29) is 167 Å². The SMILES string of the molecule is CC(C)[C@H](N)C(=O)N1CCC[C@H]1C(=O)N1CCC[C@H]1C(=O)N[C@@H](CCCCN)C(=O)N[C@@H](CCC(=O)O)C(=O)N1CCC[C@H]1C(=O)N[C@H](C(=O)N1CCC[C@H]1C(=O)N[C@@H](CCC(N)=O)C(=O)N[C@@H](C)C(=O)N[C@@H](CCCCN)C(=O)N1CCC[C@H]1C(=O)N[C@@H](CCCNC(=N)N)C(=O)N[C@@H](CCCCN)C(=O)N[C@H](C(=O)N[C@@H](C)C(=O)N[C@@H](C)C(=O)N[C@@H](CCC(N)=O)C(=O)O)C(C)C)C(C)C. The Hall–Kier alpha value is -12.0. The lowest BCUT2D eigenvalue weighted by atomic mass is 10.0. The Morgan fingerprint density at radius 1 is 0.321 bits per heavy atom. The first kappa shape index (κ1) is 115. The lowest BCUT2D eigenvalue weighted by Crippen LogP contribution is -2.61. The van der Waals surface area contributed by atoms with Gasteiger partial charge in [-0.3, -0.25) is 101 Å². The van der Waals surface area contributed by atoms with E-state index in [1.54, 1.807) is 41.5 Å². The number of nitrogens with zero attached hydrogens (tertiary/aromatic N) is 5. The highest BCUT2D eigenvalue weighted by molar-refractivity contribution is 6.02. The van der Waals surface area contributed by atoms with Gasteiger partial charge in [-0.2, -0.15) is 0 Å². The number of carboxylic acid groups (broad SMARTS) is 2. The van der Waals surface area contributed by atoms with E-state index >= 15 is 0 Å². The van der Waals surface area contributed by atoms with Crippen molar-refractivity contribution in [3.8, 4) is 0 Å². The second-order valence-electron chi connectivity index (χ2n) is 36.9. The predicted molar refractivity (Wildman–Crippen MR) is 496 cm³/mol. The van der Waals surface area contributed by atoms with E-state index in [2.05, 4.69) is 69.1 Å². The summed E-state index contributed by atoms with van der Waals surface area (Å²) in [5, 5.41) is 60.9. The van der Waals surface area contributed by atoms with Crippen molar-refractivity contribution in [3.63, 3.8) is 0 Å². The molecular formula is C88H150N26O23. The van der Waals surface area contributed by atoms with Gasteiger partial charge in [0.1, 0.15) is 103 Å². The molecule has 5 heterocycles. The smallest absolute Gasteiger partial charge is 0.326 e. The van der Waals surface area contributed by atoms with Crippen LogP contribution < -0.4 is 109 Å². The van der Waals surface area contributed by atoms with E-state index < -0.39 is 270 Å².